The fourth-order valence-electron chi connectivity index (χ4n) is 3.23. The molecule has 0 saturated carbocycles. The Morgan fingerprint density at radius 1 is 1.06 bits per heavy atom. The summed E-state index contributed by atoms with van der Waals surface area (Å²) < 4.78 is 7.12. The van der Waals surface area contributed by atoms with E-state index in [1.165, 1.54) is 10.9 Å². The van der Waals surface area contributed by atoms with Crippen molar-refractivity contribution in [3.8, 4) is 34.0 Å². The van der Waals surface area contributed by atoms with Gasteiger partial charge in [-0.2, -0.15) is 5.10 Å². The lowest BCUT2D eigenvalue weighted by atomic mass is 10.0. The van der Waals surface area contributed by atoms with Crippen LogP contribution in [0.5, 0.6) is 11.5 Å². The number of anilines is 1. The number of nitrogens with two attached hydrogens (primary N) is 2. The number of pyridine rings is 1. The van der Waals surface area contributed by atoms with Gasteiger partial charge in [-0.1, -0.05) is 18.2 Å². The highest BCUT2D eigenvalue weighted by molar-refractivity contribution is 6.05. The maximum atomic E-state index is 10.9. The van der Waals surface area contributed by atoms with Crippen LogP contribution in [0.2, 0.25) is 0 Å². The number of nitrogens with one attached hydrogen (secondary N) is 1. The Bertz CT molecular complexity index is 1280. The number of amidine groups is 1. The summed E-state index contributed by atoms with van der Waals surface area (Å²) in [5.41, 5.74) is 14.8. The highest BCUT2D eigenvalue weighted by Gasteiger charge is 2.17. The Morgan fingerprint density at radius 2 is 1.75 bits per heavy atom. The molecule has 0 amide bonds. The molecule has 4 aromatic rings. The highest BCUT2D eigenvalue weighted by Crippen LogP contribution is 2.32. The van der Waals surface area contributed by atoms with E-state index in [4.69, 9.17) is 26.7 Å². The van der Waals surface area contributed by atoms with Crippen molar-refractivity contribution in [1.82, 2.24) is 14.8 Å². The number of hydrogen-bond acceptors (Lipinski definition) is 6. The number of benzene rings is 2. The number of nitrogen functional groups attached to an aromatic ring is 2. The number of hydrogen-bond donors (Lipinski definition) is 4. The molecular formula is C23H20N6O3. The Labute approximate surface area is 183 Å². The quantitative estimate of drug-likeness (QED) is 0.260. The molecule has 0 radical (unpaired) electrons. The van der Waals surface area contributed by atoms with Gasteiger partial charge in [-0.15, -0.1) is 0 Å². The monoisotopic (exact) mass is 428 g/mol. The molecule has 0 aliphatic rings. The minimum absolute atomic E-state index is 0.206. The number of ether oxygens (including phenoxy) is 1. The first-order valence-electron chi connectivity index (χ1n) is 9.63. The topological polar surface area (TPSA) is 153 Å². The van der Waals surface area contributed by atoms with Crippen molar-refractivity contribution < 1.29 is 14.6 Å². The molecule has 0 atom stereocenters. The van der Waals surface area contributed by atoms with E-state index in [0.717, 1.165) is 0 Å². The van der Waals surface area contributed by atoms with Crippen LogP contribution in [0.1, 0.15) is 5.56 Å². The summed E-state index contributed by atoms with van der Waals surface area (Å²) in [5.74, 6) is 0.149. The lowest BCUT2D eigenvalue weighted by molar-refractivity contribution is -0.137. The van der Waals surface area contributed by atoms with E-state index in [9.17, 15) is 4.79 Å². The van der Waals surface area contributed by atoms with Crippen LogP contribution in [-0.4, -0.2) is 31.7 Å². The van der Waals surface area contributed by atoms with Crippen molar-refractivity contribution in [3.05, 3.63) is 78.6 Å². The molecule has 9 nitrogen and oxygen atoms in total. The SMILES string of the molecule is N=C(N)c1c(N)cc(-c2cnn(CC(=O)O)c2)nc1-c1ccc(Oc2ccccc2)cc1. The molecular weight excluding hydrogens is 408 g/mol. The normalized spacial score (nSPS) is 10.6. The second kappa shape index (κ2) is 8.60. The van der Waals surface area contributed by atoms with E-state index in [0.29, 0.717) is 39.6 Å². The molecule has 32 heavy (non-hydrogen) atoms. The molecule has 0 aliphatic heterocycles. The molecule has 0 saturated heterocycles. The van der Waals surface area contributed by atoms with Crippen molar-refractivity contribution in [3.63, 3.8) is 0 Å². The van der Waals surface area contributed by atoms with Crippen LogP contribution in [0.3, 0.4) is 0 Å². The minimum Gasteiger partial charge on any atom is -0.480 e. The maximum absolute atomic E-state index is 10.9. The number of carbonyl (C=O) groups is 1. The zero-order chi connectivity index (χ0) is 22.7. The molecule has 0 bridgehead atoms. The van der Waals surface area contributed by atoms with E-state index in [-0.39, 0.29) is 18.1 Å². The Balaban J connectivity index is 1.71. The summed E-state index contributed by atoms with van der Waals surface area (Å²) in [6.07, 6.45) is 3.09. The van der Waals surface area contributed by atoms with Crippen molar-refractivity contribution in [2.24, 2.45) is 5.73 Å². The molecule has 9 heteroatoms. The highest BCUT2D eigenvalue weighted by atomic mass is 16.5. The predicted molar refractivity (Wildman–Crippen MR) is 120 cm³/mol. The molecule has 0 fully saturated rings. The Hall–Kier alpha value is -4.66. The zero-order valence-electron chi connectivity index (χ0n) is 16.9. The third kappa shape index (κ3) is 4.41. The van der Waals surface area contributed by atoms with Crippen molar-refractivity contribution in [2.45, 2.75) is 6.54 Å². The van der Waals surface area contributed by atoms with E-state index >= 15 is 0 Å². The van der Waals surface area contributed by atoms with Crippen LogP contribution in [0.15, 0.2) is 73.1 Å². The smallest absolute Gasteiger partial charge is 0.325 e. The lowest BCUT2D eigenvalue weighted by Crippen LogP contribution is -2.16. The maximum Gasteiger partial charge on any atom is 0.325 e. The van der Waals surface area contributed by atoms with Crippen molar-refractivity contribution in [2.75, 3.05) is 5.73 Å². The first kappa shape index (κ1) is 20.6. The van der Waals surface area contributed by atoms with Crippen LogP contribution in [-0.2, 0) is 11.3 Å². The van der Waals surface area contributed by atoms with Gasteiger partial charge in [0.2, 0.25) is 0 Å². The fraction of sp³-hybridized carbons (Fsp3) is 0.0435. The predicted octanol–water partition coefficient (Wildman–Crippen LogP) is 3.36. The Morgan fingerprint density at radius 3 is 2.41 bits per heavy atom. The number of aliphatic carboxylic acids is 1. The van der Waals surface area contributed by atoms with E-state index in [2.05, 4.69) is 10.1 Å². The minimum atomic E-state index is -1.00. The van der Waals surface area contributed by atoms with Gasteiger partial charge in [-0.3, -0.25) is 14.9 Å². The molecule has 2 aromatic heterocycles. The summed E-state index contributed by atoms with van der Waals surface area (Å²) >= 11 is 0. The third-order valence-corrected chi connectivity index (χ3v) is 4.65. The van der Waals surface area contributed by atoms with Gasteiger partial charge in [0.25, 0.3) is 0 Å². The number of nitrogens with zero attached hydrogens (tertiary/aromatic N) is 3. The second-order valence-electron chi connectivity index (χ2n) is 6.99. The standard InChI is InChI=1S/C23H20N6O3/c24-18-10-19(15-11-27-29(12-15)13-20(30)31)28-22(21(18)23(25)26)14-6-8-17(9-7-14)32-16-4-2-1-3-5-16/h1-12H,13H2,(H2,24,28)(H3,25,26)(H,30,31). The van der Waals surface area contributed by atoms with E-state index in [1.807, 2.05) is 42.5 Å². The number of rotatable bonds is 7. The largest absolute Gasteiger partial charge is 0.480 e. The molecule has 6 N–H and O–H groups in total. The van der Waals surface area contributed by atoms with Gasteiger partial charge >= 0.3 is 5.97 Å². The van der Waals surface area contributed by atoms with Crippen LogP contribution in [0, 0.1) is 5.41 Å². The van der Waals surface area contributed by atoms with Gasteiger partial charge in [0.1, 0.15) is 23.9 Å². The van der Waals surface area contributed by atoms with Crippen molar-refractivity contribution >= 4 is 17.5 Å². The molecule has 2 aromatic carbocycles. The van der Waals surface area contributed by atoms with E-state index < -0.39 is 5.97 Å². The average Bonchev–Trinajstić information content (AvgIpc) is 3.22. The van der Waals surface area contributed by atoms with Gasteiger partial charge in [0, 0.05) is 23.0 Å². The first-order chi connectivity index (χ1) is 15.4. The van der Waals surface area contributed by atoms with Gasteiger partial charge in [0.15, 0.2) is 0 Å². The van der Waals surface area contributed by atoms with Crippen LogP contribution in [0.4, 0.5) is 5.69 Å². The van der Waals surface area contributed by atoms with Crippen molar-refractivity contribution in [1.29, 1.82) is 5.41 Å². The van der Waals surface area contributed by atoms with E-state index in [1.54, 1.807) is 24.4 Å². The van der Waals surface area contributed by atoms with Gasteiger partial charge < -0.3 is 21.3 Å². The van der Waals surface area contributed by atoms with Crippen LogP contribution in [0.25, 0.3) is 22.5 Å². The summed E-state index contributed by atoms with van der Waals surface area (Å²) in [7, 11) is 0. The molecule has 0 aliphatic carbocycles. The lowest BCUT2D eigenvalue weighted by Gasteiger charge is -2.13. The molecule has 0 spiro atoms. The Kier molecular flexibility index (Phi) is 5.54. The molecule has 2 heterocycles. The zero-order valence-corrected chi connectivity index (χ0v) is 16.9. The fourth-order valence-corrected chi connectivity index (χ4v) is 3.23. The molecule has 4 rings (SSSR count). The van der Waals surface area contributed by atoms with Gasteiger partial charge in [0.05, 0.1) is 23.1 Å². The number of carboxylic acids is 1. The van der Waals surface area contributed by atoms with Crippen LogP contribution >= 0.6 is 0 Å². The molecule has 160 valence electrons. The number of para-hydroxylation sites is 1. The molecule has 0 unspecified atom stereocenters. The van der Waals surface area contributed by atoms with Crippen LogP contribution < -0.4 is 16.2 Å². The number of aromatic nitrogens is 3. The third-order valence-electron chi connectivity index (χ3n) is 4.65. The summed E-state index contributed by atoms with van der Waals surface area (Å²) in [4.78, 5) is 15.6. The summed E-state index contributed by atoms with van der Waals surface area (Å²) in [6, 6.07) is 18.2. The number of carboxylic acid groups (broad SMARTS) is 1. The van der Waals surface area contributed by atoms with Gasteiger partial charge in [-0.05, 0) is 42.5 Å². The first-order valence-corrected chi connectivity index (χ1v) is 9.63. The average molecular weight is 428 g/mol. The summed E-state index contributed by atoms with van der Waals surface area (Å²) in [5, 5.41) is 21.0. The second-order valence-corrected chi connectivity index (χ2v) is 6.99. The van der Waals surface area contributed by atoms with Gasteiger partial charge in [-0.25, -0.2) is 4.98 Å². The summed E-state index contributed by atoms with van der Waals surface area (Å²) in [6.45, 7) is -0.267.